The maximum atomic E-state index is 11.8. The summed E-state index contributed by atoms with van der Waals surface area (Å²) >= 11 is 3.35. The predicted molar refractivity (Wildman–Crippen MR) is 105 cm³/mol. The van der Waals surface area contributed by atoms with Crippen LogP contribution in [0, 0.1) is 0 Å². The fourth-order valence-corrected chi connectivity index (χ4v) is 3.41. The molecular formula is C20H23BrO9. The van der Waals surface area contributed by atoms with Gasteiger partial charge in [-0.2, -0.15) is 0 Å². The van der Waals surface area contributed by atoms with Crippen LogP contribution in [-0.2, 0) is 42.9 Å². The normalized spacial score (nSPS) is 25.7. The van der Waals surface area contributed by atoms with Crippen molar-refractivity contribution in [3.63, 3.8) is 0 Å². The first-order valence-corrected chi connectivity index (χ1v) is 9.93. The molecule has 1 fully saturated rings. The topological polar surface area (TPSA) is 114 Å². The largest absolute Gasteiger partial charge is 0.463 e. The van der Waals surface area contributed by atoms with Crippen LogP contribution < -0.4 is 0 Å². The van der Waals surface area contributed by atoms with Crippen LogP contribution >= 0.6 is 15.9 Å². The summed E-state index contributed by atoms with van der Waals surface area (Å²) < 4.78 is 28.1. The first-order valence-electron chi connectivity index (χ1n) is 9.14. The molecule has 0 bridgehead atoms. The van der Waals surface area contributed by atoms with Gasteiger partial charge in [0.25, 0.3) is 0 Å². The third-order valence-electron chi connectivity index (χ3n) is 4.19. The van der Waals surface area contributed by atoms with Gasteiger partial charge in [0.2, 0.25) is 0 Å². The van der Waals surface area contributed by atoms with Crippen molar-refractivity contribution in [1.82, 2.24) is 0 Å². The molecule has 1 aliphatic rings. The molecule has 164 valence electrons. The van der Waals surface area contributed by atoms with Gasteiger partial charge in [0.1, 0.15) is 18.8 Å². The quantitative estimate of drug-likeness (QED) is 0.440. The second kappa shape index (κ2) is 10.5. The molecule has 1 saturated heterocycles. The number of hydrogen-bond acceptors (Lipinski definition) is 9. The maximum absolute atomic E-state index is 11.8. The zero-order valence-corrected chi connectivity index (χ0v) is 18.5. The fraction of sp³-hybridized carbons (Fsp3) is 0.500. The predicted octanol–water partition coefficient (Wildman–Crippen LogP) is 2.25. The zero-order chi connectivity index (χ0) is 22.4. The van der Waals surface area contributed by atoms with Crippen molar-refractivity contribution < 1.29 is 42.9 Å². The van der Waals surface area contributed by atoms with Gasteiger partial charge in [-0.1, -0.05) is 28.1 Å². The summed E-state index contributed by atoms with van der Waals surface area (Å²) in [5.41, 5.74) is 0.621. The van der Waals surface area contributed by atoms with Gasteiger partial charge < -0.3 is 23.7 Å². The molecule has 0 spiro atoms. The van der Waals surface area contributed by atoms with Crippen LogP contribution in [0.4, 0.5) is 0 Å². The zero-order valence-electron chi connectivity index (χ0n) is 17.0. The van der Waals surface area contributed by atoms with E-state index in [1.165, 1.54) is 27.7 Å². The van der Waals surface area contributed by atoms with Crippen molar-refractivity contribution in [2.24, 2.45) is 0 Å². The Balaban J connectivity index is 2.51. The van der Waals surface area contributed by atoms with Crippen molar-refractivity contribution in [3.05, 3.63) is 34.3 Å². The Morgan fingerprint density at radius 1 is 0.800 bits per heavy atom. The lowest BCUT2D eigenvalue weighted by Gasteiger charge is -2.44. The SMILES string of the molecule is CC(=O)OC[C@H]1OC(c2ccc(Br)cc2)[C@H](OC(C)=O)[C@@H](OC(C)=O)[C@@H]1OC(C)=O. The van der Waals surface area contributed by atoms with Gasteiger partial charge in [0, 0.05) is 32.2 Å². The number of rotatable bonds is 6. The Hall–Kier alpha value is -2.46. The van der Waals surface area contributed by atoms with Gasteiger partial charge >= 0.3 is 23.9 Å². The minimum Gasteiger partial charge on any atom is -0.463 e. The number of halogens is 1. The van der Waals surface area contributed by atoms with Gasteiger partial charge in [-0.05, 0) is 17.7 Å². The maximum Gasteiger partial charge on any atom is 0.303 e. The van der Waals surface area contributed by atoms with Gasteiger partial charge in [0.15, 0.2) is 18.3 Å². The molecule has 5 atom stereocenters. The molecular weight excluding hydrogens is 464 g/mol. The van der Waals surface area contributed by atoms with Gasteiger partial charge in [-0.3, -0.25) is 19.2 Å². The first kappa shape index (κ1) is 23.8. The third kappa shape index (κ3) is 6.53. The summed E-state index contributed by atoms with van der Waals surface area (Å²) in [6.45, 7) is 4.53. The van der Waals surface area contributed by atoms with Crippen LogP contribution in [-0.4, -0.2) is 54.9 Å². The Morgan fingerprint density at radius 2 is 1.30 bits per heavy atom. The third-order valence-corrected chi connectivity index (χ3v) is 4.72. The Morgan fingerprint density at radius 3 is 1.80 bits per heavy atom. The average molecular weight is 487 g/mol. The molecule has 30 heavy (non-hydrogen) atoms. The molecule has 1 unspecified atom stereocenters. The molecule has 0 N–H and O–H groups in total. The molecule has 1 aromatic carbocycles. The number of ether oxygens (including phenoxy) is 5. The van der Waals surface area contributed by atoms with E-state index in [1.807, 2.05) is 0 Å². The molecule has 0 radical (unpaired) electrons. The smallest absolute Gasteiger partial charge is 0.303 e. The highest BCUT2D eigenvalue weighted by atomic mass is 79.9. The molecule has 2 rings (SSSR count). The summed E-state index contributed by atoms with van der Waals surface area (Å²) in [5.74, 6) is -2.54. The highest BCUT2D eigenvalue weighted by Gasteiger charge is 2.52. The van der Waals surface area contributed by atoms with E-state index in [-0.39, 0.29) is 6.61 Å². The minimum atomic E-state index is -1.18. The lowest BCUT2D eigenvalue weighted by molar-refractivity contribution is -0.254. The second-order valence-corrected chi connectivity index (χ2v) is 7.59. The lowest BCUT2D eigenvalue weighted by atomic mass is 9.90. The van der Waals surface area contributed by atoms with Crippen LogP contribution in [0.15, 0.2) is 28.7 Å². The van der Waals surface area contributed by atoms with E-state index in [4.69, 9.17) is 23.7 Å². The van der Waals surface area contributed by atoms with Crippen molar-refractivity contribution in [1.29, 1.82) is 0 Å². The number of carbonyl (C=O) groups excluding carboxylic acids is 4. The summed E-state index contributed by atoms with van der Waals surface area (Å²) in [4.78, 5) is 46.6. The average Bonchev–Trinajstić information content (AvgIpc) is 2.63. The molecule has 0 saturated carbocycles. The van der Waals surface area contributed by atoms with Gasteiger partial charge in [-0.15, -0.1) is 0 Å². The molecule has 1 heterocycles. The molecule has 0 amide bonds. The van der Waals surface area contributed by atoms with Crippen LogP contribution in [0.3, 0.4) is 0 Å². The van der Waals surface area contributed by atoms with Crippen molar-refractivity contribution >= 4 is 39.8 Å². The van der Waals surface area contributed by atoms with Crippen molar-refractivity contribution in [2.45, 2.75) is 58.2 Å². The molecule has 0 aliphatic carbocycles. The summed E-state index contributed by atoms with van der Waals surface area (Å²) in [6.07, 6.45) is -5.30. The summed E-state index contributed by atoms with van der Waals surface area (Å²) in [6, 6.07) is 7.02. The first-order chi connectivity index (χ1) is 14.1. The van der Waals surface area contributed by atoms with E-state index >= 15 is 0 Å². The fourth-order valence-electron chi connectivity index (χ4n) is 3.15. The summed E-state index contributed by atoms with van der Waals surface area (Å²) in [7, 11) is 0. The molecule has 9 nitrogen and oxygen atoms in total. The van der Waals surface area contributed by atoms with E-state index in [0.717, 1.165) is 4.47 Å². The molecule has 1 aliphatic heterocycles. The minimum absolute atomic E-state index is 0.259. The second-order valence-electron chi connectivity index (χ2n) is 6.67. The number of carbonyl (C=O) groups is 4. The van der Waals surface area contributed by atoms with E-state index in [1.54, 1.807) is 24.3 Å². The number of benzene rings is 1. The van der Waals surface area contributed by atoms with E-state index in [9.17, 15) is 19.2 Å². The Labute approximate surface area is 182 Å². The van der Waals surface area contributed by atoms with Crippen LogP contribution in [0.1, 0.15) is 39.4 Å². The molecule has 1 aromatic rings. The standard InChI is InChI=1S/C20H23BrO9/c1-10(22)26-9-16-18(27-11(2)23)20(29-13(4)25)19(28-12(3)24)17(30-16)14-5-7-15(21)8-6-14/h5-8,16-20H,9H2,1-4H3/t16-,17?,18-,19+,20+/m1/s1. The monoisotopic (exact) mass is 486 g/mol. The highest BCUT2D eigenvalue weighted by molar-refractivity contribution is 9.10. The number of esters is 4. The van der Waals surface area contributed by atoms with Gasteiger partial charge in [0.05, 0.1) is 0 Å². The molecule has 0 aromatic heterocycles. The van der Waals surface area contributed by atoms with E-state index in [2.05, 4.69) is 15.9 Å². The van der Waals surface area contributed by atoms with Crippen LogP contribution in [0.25, 0.3) is 0 Å². The highest BCUT2D eigenvalue weighted by Crippen LogP contribution is 2.38. The van der Waals surface area contributed by atoms with Crippen LogP contribution in [0.5, 0.6) is 0 Å². The van der Waals surface area contributed by atoms with Crippen molar-refractivity contribution in [2.75, 3.05) is 6.61 Å². The number of hydrogen-bond donors (Lipinski definition) is 0. The van der Waals surface area contributed by atoms with Crippen molar-refractivity contribution in [3.8, 4) is 0 Å². The molecule has 10 heteroatoms. The van der Waals surface area contributed by atoms with E-state index < -0.39 is 54.4 Å². The lowest BCUT2D eigenvalue weighted by Crippen LogP contribution is -2.59. The summed E-state index contributed by atoms with van der Waals surface area (Å²) in [5, 5.41) is 0. The van der Waals surface area contributed by atoms with Crippen LogP contribution in [0.2, 0.25) is 0 Å². The van der Waals surface area contributed by atoms with Gasteiger partial charge in [-0.25, -0.2) is 0 Å². The Bertz CT molecular complexity index is 792. The Kier molecular flexibility index (Phi) is 8.36. The van der Waals surface area contributed by atoms with E-state index in [0.29, 0.717) is 5.56 Å².